The van der Waals surface area contributed by atoms with Crippen molar-refractivity contribution in [1.82, 2.24) is 9.97 Å². The predicted octanol–water partition coefficient (Wildman–Crippen LogP) is 1.34. The summed E-state index contributed by atoms with van der Waals surface area (Å²) < 4.78 is 7.28. The molecule has 0 radical (unpaired) electrons. The van der Waals surface area contributed by atoms with Crippen molar-refractivity contribution in [3.63, 3.8) is 0 Å². The molecule has 0 unspecified atom stereocenters. The molecule has 2 heterocycles. The van der Waals surface area contributed by atoms with Gasteiger partial charge in [0.1, 0.15) is 0 Å². The van der Waals surface area contributed by atoms with E-state index in [4.69, 9.17) is 6.48 Å². The summed E-state index contributed by atoms with van der Waals surface area (Å²) in [5, 5.41) is 9.75. The van der Waals surface area contributed by atoms with Crippen LogP contribution in [0.3, 0.4) is 0 Å². The fourth-order valence-corrected chi connectivity index (χ4v) is 0.909. The van der Waals surface area contributed by atoms with Crippen molar-refractivity contribution >= 4 is 10.9 Å². The Bertz CT molecular complexity index is 394. The van der Waals surface area contributed by atoms with Gasteiger partial charge in [-0.2, -0.15) is 0 Å². The second-order valence-corrected chi connectivity index (χ2v) is 2.17. The van der Waals surface area contributed by atoms with Gasteiger partial charge in [-0.25, -0.2) is 4.98 Å². The maximum atomic E-state index is 9.02. The summed E-state index contributed by atoms with van der Waals surface area (Å²) in [6.07, 6.45) is 2.92. The summed E-state index contributed by atoms with van der Waals surface area (Å²) in [6.45, 7) is 0. The van der Waals surface area contributed by atoms with Crippen LogP contribution in [0, 0.1) is 0 Å². The Balaban J connectivity index is 2.80. The van der Waals surface area contributed by atoms with Gasteiger partial charge in [-0.3, -0.25) is 4.98 Å². The number of hydrogen-bond acceptors (Lipinski definition) is 3. The van der Waals surface area contributed by atoms with Gasteiger partial charge in [-0.05, 0) is 6.04 Å². The molecule has 0 atom stereocenters. The van der Waals surface area contributed by atoms with Crippen molar-refractivity contribution in [2.45, 2.75) is 0 Å². The Kier molecular flexibility index (Phi) is 1.01. The molecule has 2 rings (SSSR count). The molecule has 3 heteroatoms. The highest BCUT2D eigenvalue weighted by Crippen LogP contribution is 2.13. The minimum absolute atomic E-state index is 0.0464. The second kappa shape index (κ2) is 2.20. The monoisotopic (exact) mass is 147 g/mol. The van der Waals surface area contributed by atoms with Crippen LogP contribution in [0.15, 0.2) is 30.6 Å². The molecule has 11 heavy (non-hydrogen) atoms. The summed E-state index contributed by atoms with van der Waals surface area (Å²) in [5.41, 5.74) is 0.684. The molecule has 0 saturated heterocycles. The molecule has 0 aromatic carbocycles. The van der Waals surface area contributed by atoms with E-state index in [9.17, 15) is 0 Å². The molecule has 0 bridgehead atoms. The number of aromatic nitrogens is 2. The van der Waals surface area contributed by atoms with Gasteiger partial charge in [0.25, 0.3) is 0 Å². The molecule has 2 aromatic rings. The second-order valence-electron chi connectivity index (χ2n) is 2.17. The minimum atomic E-state index is -0.0464. The molecule has 0 aliphatic carbocycles. The van der Waals surface area contributed by atoms with Gasteiger partial charge in [-0.1, -0.05) is 6.07 Å². The van der Waals surface area contributed by atoms with Gasteiger partial charge < -0.3 is 5.11 Å². The van der Waals surface area contributed by atoms with E-state index in [2.05, 4.69) is 9.97 Å². The number of hydrogen-bond donors (Lipinski definition) is 1. The van der Waals surface area contributed by atoms with Crippen LogP contribution in [0.25, 0.3) is 10.9 Å². The number of aromatic hydroxyl groups is 1. The summed E-state index contributed by atoms with van der Waals surface area (Å²) in [5.74, 6) is -0.0464. The fourth-order valence-electron chi connectivity index (χ4n) is 0.909. The number of fused-ring (bicyclic) bond motifs is 1. The molecular formula is C8H6N2O. The highest BCUT2D eigenvalue weighted by molar-refractivity contribution is 5.77. The maximum Gasteiger partial charge on any atom is 0.211 e. The quantitative estimate of drug-likeness (QED) is 0.611. The van der Waals surface area contributed by atoms with Gasteiger partial charge in [-0.15, -0.1) is 0 Å². The first-order valence-electron chi connectivity index (χ1n) is 3.67. The molecule has 2 aromatic heterocycles. The summed E-state index contributed by atoms with van der Waals surface area (Å²) >= 11 is 0. The van der Waals surface area contributed by atoms with Crippen LogP contribution in [0.2, 0.25) is 0 Å². The van der Waals surface area contributed by atoms with E-state index in [0.29, 0.717) is 11.6 Å². The van der Waals surface area contributed by atoms with Crippen molar-refractivity contribution in [3.05, 3.63) is 30.6 Å². The van der Waals surface area contributed by atoms with Crippen LogP contribution >= 0.6 is 0 Å². The van der Waals surface area contributed by atoms with Crippen LogP contribution < -0.4 is 0 Å². The number of nitrogens with zero attached hydrogens (tertiary/aromatic N) is 2. The maximum absolute atomic E-state index is 9.02. The van der Waals surface area contributed by atoms with Crippen molar-refractivity contribution < 1.29 is 6.48 Å². The third-order valence-electron chi connectivity index (χ3n) is 1.42. The largest absolute Gasteiger partial charge is 0.493 e. The summed E-state index contributed by atoms with van der Waals surface area (Å²) in [6, 6.07) is 3.44. The van der Waals surface area contributed by atoms with Crippen molar-refractivity contribution in [3.8, 4) is 5.88 Å². The van der Waals surface area contributed by atoms with E-state index in [1.807, 2.05) is 0 Å². The van der Waals surface area contributed by atoms with Crippen molar-refractivity contribution in [2.24, 2.45) is 0 Å². The first kappa shape index (κ1) is 5.07. The van der Waals surface area contributed by atoms with Gasteiger partial charge in [0.2, 0.25) is 5.88 Å². The van der Waals surface area contributed by atoms with Crippen molar-refractivity contribution in [1.29, 1.82) is 0 Å². The molecule has 0 saturated carbocycles. The standard InChI is InChI=1S/C8H6N2O/c11-8-4-6-2-1-3-9-7(6)5-10-8/h1-5H,(H,10,11)/i1D. The average Bonchev–Trinajstić information content (AvgIpc) is 2.03. The predicted molar refractivity (Wildman–Crippen MR) is 41.2 cm³/mol. The number of rotatable bonds is 0. The molecule has 0 aliphatic rings. The highest BCUT2D eigenvalue weighted by Gasteiger charge is 1.93. The zero-order chi connectivity index (χ0) is 8.55. The molecule has 0 fully saturated rings. The van der Waals surface area contributed by atoms with Gasteiger partial charge in [0.05, 0.1) is 13.1 Å². The molecule has 54 valence electrons. The lowest BCUT2D eigenvalue weighted by Crippen LogP contribution is -1.79. The lowest BCUT2D eigenvalue weighted by atomic mass is 10.3. The van der Waals surface area contributed by atoms with Crippen LogP contribution in [0.5, 0.6) is 5.88 Å². The lowest BCUT2D eigenvalue weighted by Gasteiger charge is -1.94. The van der Waals surface area contributed by atoms with E-state index in [1.54, 1.807) is 6.07 Å². The van der Waals surface area contributed by atoms with Crippen LogP contribution in [0.1, 0.15) is 1.37 Å². The Morgan fingerprint density at radius 3 is 3.27 bits per heavy atom. The summed E-state index contributed by atoms with van der Waals surface area (Å²) in [7, 11) is 0. The van der Waals surface area contributed by atoms with Crippen LogP contribution in [-0.2, 0) is 0 Å². The lowest BCUT2D eigenvalue weighted by molar-refractivity contribution is 0.454. The van der Waals surface area contributed by atoms with Crippen LogP contribution in [0.4, 0.5) is 0 Å². The SMILES string of the molecule is [2H]c1cnc2cnc(O)cc2c1. The first-order chi connectivity index (χ1) is 5.75. The Morgan fingerprint density at radius 2 is 2.36 bits per heavy atom. The van der Waals surface area contributed by atoms with Crippen LogP contribution in [-0.4, -0.2) is 15.1 Å². The van der Waals surface area contributed by atoms with Crippen molar-refractivity contribution in [2.75, 3.05) is 0 Å². The third-order valence-corrected chi connectivity index (χ3v) is 1.42. The molecule has 0 amide bonds. The van der Waals surface area contributed by atoms with E-state index < -0.39 is 0 Å². The van der Waals surface area contributed by atoms with Gasteiger partial charge >= 0.3 is 0 Å². The Morgan fingerprint density at radius 1 is 1.45 bits per heavy atom. The number of pyridine rings is 2. The molecular weight excluding hydrogens is 140 g/mol. The Labute approximate surface area is 64.8 Å². The zero-order valence-electron chi connectivity index (χ0n) is 6.65. The highest BCUT2D eigenvalue weighted by atomic mass is 16.3. The third kappa shape index (κ3) is 1.00. The average molecular weight is 147 g/mol. The molecule has 0 aliphatic heterocycles. The molecule has 3 nitrogen and oxygen atoms in total. The van der Waals surface area contributed by atoms with Gasteiger partial charge in [0, 0.05) is 17.6 Å². The topological polar surface area (TPSA) is 46.0 Å². The fraction of sp³-hybridized carbons (Fsp3) is 0. The first-order valence-corrected chi connectivity index (χ1v) is 3.17. The molecule has 1 N–H and O–H groups in total. The van der Waals surface area contributed by atoms with E-state index in [-0.39, 0.29) is 5.88 Å². The summed E-state index contributed by atoms with van der Waals surface area (Å²) in [4.78, 5) is 7.63. The van der Waals surface area contributed by atoms with E-state index >= 15 is 0 Å². The zero-order valence-corrected chi connectivity index (χ0v) is 5.65. The Hall–Kier alpha value is -1.64. The van der Waals surface area contributed by atoms with E-state index in [1.165, 1.54) is 18.5 Å². The minimum Gasteiger partial charge on any atom is -0.493 e. The smallest absolute Gasteiger partial charge is 0.211 e. The normalized spacial score (nSPS) is 11.5. The van der Waals surface area contributed by atoms with E-state index in [0.717, 1.165) is 5.39 Å². The van der Waals surface area contributed by atoms with Gasteiger partial charge in [0.15, 0.2) is 0 Å². The molecule has 0 spiro atoms.